The van der Waals surface area contributed by atoms with Gasteiger partial charge in [-0.1, -0.05) is 35.9 Å². The van der Waals surface area contributed by atoms with Crippen molar-refractivity contribution < 1.29 is 36.3 Å². The Bertz CT molecular complexity index is 1490. The quantitative estimate of drug-likeness (QED) is 0.242. The van der Waals surface area contributed by atoms with E-state index in [0.717, 1.165) is 30.2 Å². The van der Waals surface area contributed by atoms with Crippen LogP contribution < -0.4 is 0 Å². The molecule has 1 aliphatic rings. The lowest BCUT2D eigenvalue weighted by Crippen LogP contribution is -2.68. The molecule has 1 fully saturated rings. The molecule has 3 aromatic carbocycles. The lowest BCUT2D eigenvalue weighted by Gasteiger charge is -2.52. The number of hydrogen-bond donors (Lipinski definition) is 0. The number of nitrogens with zero attached hydrogens (tertiary/aromatic N) is 1. The second-order valence-corrected chi connectivity index (χ2v) is 10.1. The molecule has 1 saturated heterocycles. The molecule has 0 radical (unpaired) electrons. The van der Waals surface area contributed by atoms with Crippen LogP contribution in [0.3, 0.4) is 0 Å². The van der Waals surface area contributed by atoms with E-state index in [-0.39, 0.29) is 18.7 Å². The zero-order valence-corrected chi connectivity index (χ0v) is 21.9. The van der Waals surface area contributed by atoms with Crippen LogP contribution in [0.25, 0.3) is 0 Å². The van der Waals surface area contributed by atoms with Gasteiger partial charge in [-0.15, -0.1) is 0 Å². The fraction of sp³-hybridized carbons (Fsp3) is 0.222. The maximum atomic E-state index is 14.0. The maximum Gasteiger partial charge on any atom is 0.337 e. The van der Waals surface area contributed by atoms with E-state index in [9.17, 15) is 26.8 Å². The molecule has 0 N–H and O–H groups in total. The van der Waals surface area contributed by atoms with Crippen molar-refractivity contribution in [2.45, 2.75) is 18.6 Å². The first-order valence-corrected chi connectivity index (χ1v) is 12.8. The number of carbonyl (C=O) groups excluding carboxylic acids is 2. The topological polar surface area (TPSA) is 90.0 Å². The standard InChI is InChI=1S/C27H22ClF2NO6S/c1-16(32)37-27(25(38(34)35)20-11-22(29)13-23(30)12-20)14-31(15-27)24(18-7-9-21(28)10-8-18)17-3-5-19(6-4-17)26(33)36-2/h3-13,24H,14-15H2,1-2H3/t24-/m1/s1. The summed E-state index contributed by atoms with van der Waals surface area (Å²) in [5.74, 6) is -3.20. The highest BCUT2D eigenvalue weighted by Crippen LogP contribution is 2.40. The molecule has 1 aliphatic heterocycles. The molecule has 0 bridgehead atoms. The highest BCUT2D eigenvalue weighted by Gasteiger charge is 2.54. The molecule has 0 aliphatic carbocycles. The van der Waals surface area contributed by atoms with Gasteiger partial charge in [0.2, 0.25) is 10.3 Å². The van der Waals surface area contributed by atoms with Crippen molar-refractivity contribution in [1.29, 1.82) is 0 Å². The molecule has 0 amide bonds. The largest absolute Gasteiger partial charge is 0.465 e. The third-order valence-electron chi connectivity index (χ3n) is 6.16. The molecular formula is C27H22ClF2NO6S. The van der Waals surface area contributed by atoms with E-state index in [4.69, 9.17) is 21.1 Å². The Hall–Kier alpha value is -3.60. The normalized spacial score (nSPS) is 15.2. The van der Waals surface area contributed by atoms with Crippen molar-refractivity contribution >= 4 is 38.7 Å². The summed E-state index contributed by atoms with van der Waals surface area (Å²) in [5, 5.41) is 0.511. The third-order valence-corrected chi connectivity index (χ3v) is 7.35. The van der Waals surface area contributed by atoms with Crippen LogP contribution in [-0.2, 0) is 24.6 Å². The number of methoxy groups -OCH3 is 1. The van der Waals surface area contributed by atoms with E-state index in [1.807, 2.05) is 4.90 Å². The van der Waals surface area contributed by atoms with Crippen molar-refractivity contribution in [2.24, 2.45) is 0 Å². The van der Waals surface area contributed by atoms with Crippen molar-refractivity contribution in [3.8, 4) is 0 Å². The van der Waals surface area contributed by atoms with Crippen LogP contribution in [0.15, 0.2) is 66.7 Å². The molecule has 7 nitrogen and oxygen atoms in total. The SMILES string of the molecule is COC(=O)c1ccc([C@H](c2ccc(Cl)cc2)N2CC(OC(C)=O)(C(c3cc(F)cc(F)c3)=S(=O)=O)C2)cc1. The van der Waals surface area contributed by atoms with E-state index in [2.05, 4.69) is 0 Å². The van der Waals surface area contributed by atoms with Crippen LogP contribution in [0.2, 0.25) is 5.02 Å². The summed E-state index contributed by atoms with van der Waals surface area (Å²) < 4.78 is 63.1. The summed E-state index contributed by atoms with van der Waals surface area (Å²) >= 11 is 6.08. The van der Waals surface area contributed by atoms with Gasteiger partial charge in [-0.2, -0.15) is 8.42 Å². The smallest absolute Gasteiger partial charge is 0.337 e. The molecule has 1 heterocycles. The van der Waals surface area contributed by atoms with Gasteiger partial charge in [-0.05, 0) is 47.5 Å². The van der Waals surface area contributed by atoms with Gasteiger partial charge in [-0.25, -0.2) is 13.6 Å². The minimum absolute atomic E-state index is 0.0972. The summed E-state index contributed by atoms with van der Waals surface area (Å²) in [6.45, 7) is 0.935. The molecule has 0 saturated carbocycles. The van der Waals surface area contributed by atoms with E-state index >= 15 is 0 Å². The Morgan fingerprint density at radius 1 is 0.921 bits per heavy atom. The number of halogens is 3. The second-order valence-electron chi connectivity index (χ2n) is 8.78. The Labute approximate surface area is 224 Å². The van der Waals surface area contributed by atoms with Gasteiger partial charge >= 0.3 is 11.9 Å². The molecule has 11 heteroatoms. The number of ether oxygens (including phenoxy) is 2. The summed E-state index contributed by atoms with van der Waals surface area (Å²) in [5.41, 5.74) is -0.0529. The number of rotatable bonds is 7. The highest BCUT2D eigenvalue weighted by molar-refractivity contribution is 7.73. The first-order chi connectivity index (χ1) is 18.0. The zero-order chi connectivity index (χ0) is 27.6. The molecule has 0 unspecified atom stereocenters. The van der Waals surface area contributed by atoms with Gasteiger partial charge in [0.25, 0.3) is 0 Å². The minimum atomic E-state index is -2.97. The van der Waals surface area contributed by atoms with Crippen LogP contribution in [0, 0.1) is 11.6 Å². The number of likely N-dealkylation sites (tertiary alicyclic amines) is 1. The summed E-state index contributed by atoms with van der Waals surface area (Å²) in [4.78, 5) is 25.4. The second kappa shape index (κ2) is 11.0. The third kappa shape index (κ3) is 5.62. The molecular weight excluding hydrogens is 540 g/mol. The fourth-order valence-corrected chi connectivity index (χ4v) is 5.61. The molecule has 3 aromatic rings. The van der Waals surface area contributed by atoms with Crippen LogP contribution in [-0.4, -0.2) is 55.9 Å². The molecule has 1 atom stereocenters. The number of esters is 2. The van der Waals surface area contributed by atoms with Crippen molar-refractivity contribution in [1.82, 2.24) is 4.90 Å². The molecule has 4 rings (SSSR count). The average molecular weight is 562 g/mol. The van der Waals surface area contributed by atoms with Crippen molar-refractivity contribution in [3.05, 3.63) is 106 Å². The molecule has 38 heavy (non-hydrogen) atoms. The molecule has 0 spiro atoms. The minimum Gasteiger partial charge on any atom is -0.465 e. The number of hydrogen-bond acceptors (Lipinski definition) is 7. The van der Waals surface area contributed by atoms with Crippen LogP contribution in [0.5, 0.6) is 0 Å². The van der Waals surface area contributed by atoms with Gasteiger partial charge in [0, 0.05) is 36.7 Å². The fourth-order valence-electron chi connectivity index (χ4n) is 4.70. The van der Waals surface area contributed by atoms with E-state index in [1.165, 1.54) is 7.11 Å². The Balaban J connectivity index is 1.77. The lowest BCUT2D eigenvalue weighted by atomic mass is 9.82. The zero-order valence-electron chi connectivity index (χ0n) is 20.3. The number of carbonyl (C=O) groups is 2. The summed E-state index contributed by atoms with van der Waals surface area (Å²) in [6.07, 6.45) is 0. The summed E-state index contributed by atoms with van der Waals surface area (Å²) in [6, 6.07) is 15.6. The highest BCUT2D eigenvalue weighted by atomic mass is 35.5. The van der Waals surface area contributed by atoms with Gasteiger partial charge in [0.15, 0.2) is 5.60 Å². The van der Waals surface area contributed by atoms with Crippen molar-refractivity contribution in [3.63, 3.8) is 0 Å². The van der Waals surface area contributed by atoms with E-state index < -0.39 is 50.4 Å². The monoisotopic (exact) mass is 561 g/mol. The van der Waals surface area contributed by atoms with E-state index in [1.54, 1.807) is 48.5 Å². The van der Waals surface area contributed by atoms with Gasteiger partial charge in [0.05, 0.1) is 18.7 Å². The Kier molecular flexibility index (Phi) is 7.96. The summed E-state index contributed by atoms with van der Waals surface area (Å²) in [7, 11) is -1.70. The Morgan fingerprint density at radius 3 is 1.92 bits per heavy atom. The average Bonchev–Trinajstić information content (AvgIpc) is 2.83. The molecule has 0 aromatic heterocycles. The first-order valence-electron chi connectivity index (χ1n) is 11.3. The van der Waals surface area contributed by atoms with E-state index in [0.29, 0.717) is 16.7 Å². The van der Waals surface area contributed by atoms with Crippen LogP contribution >= 0.6 is 11.6 Å². The van der Waals surface area contributed by atoms with Crippen LogP contribution in [0.4, 0.5) is 8.78 Å². The molecule has 198 valence electrons. The van der Waals surface area contributed by atoms with Gasteiger partial charge in [-0.3, -0.25) is 9.69 Å². The lowest BCUT2D eigenvalue weighted by molar-refractivity contribution is -0.165. The Morgan fingerprint density at radius 2 is 1.45 bits per heavy atom. The van der Waals surface area contributed by atoms with Crippen molar-refractivity contribution in [2.75, 3.05) is 20.2 Å². The predicted molar refractivity (Wildman–Crippen MR) is 137 cm³/mol. The maximum absolute atomic E-state index is 14.0. The first kappa shape index (κ1) is 27.4. The van der Waals surface area contributed by atoms with Gasteiger partial charge < -0.3 is 9.47 Å². The predicted octanol–water partition coefficient (Wildman–Crippen LogP) is 4.21. The van der Waals surface area contributed by atoms with Crippen LogP contribution in [0.1, 0.15) is 40.0 Å². The number of benzene rings is 3. The van der Waals surface area contributed by atoms with Gasteiger partial charge in [0.1, 0.15) is 16.5 Å².